The molecule has 2 N–H and O–H groups in total. The largest absolute Gasteiger partial charge is 0.318 e. The number of carbonyl (C=O) groups is 2. The van der Waals surface area contributed by atoms with Gasteiger partial charge in [0, 0.05) is 24.7 Å². The number of amides is 2. The van der Waals surface area contributed by atoms with Crippen LogP contribution >= 0.6 is 0 Å². The van der Waals surface area contributed by atoms with Gasteiger partial charge in [0.15, 0.2) is 5.82 Å². The number of hydrogen-bond donors (Lipinski definition) is 2. The van der Waals surface area contributed by atoms with Crippen LogP contribution in [0, 0.1) is 0 Å². The summed E-state index contributed by atoms with van der Waals surface area (Å²) in [6.45, 7) is 3.35. The third-order valence-electron chi connectivity index (χ3n) is 5.30. The molecule has 2 heterocycles. The number of aryl methyl sites for hydroxylation is 1. The van der Waals surface area contributed by atoms with Crippen molar-refractivity contribution in [1.29, 1.82) is 0 Å². The van der Waals surface area contributed by atoms with Crippen LogP contribution < -0.4 is 10.6 Å². The Morgan fingerprint density at radius 1 is 1.00 bits per heavy atom. The number of fused-ring (bicyclic) bond motifs is 1. The first-order valence-electron chi connectivity index (χ1n) is 9.95. The summed E-state index contributed by atoms with van der Waals surface area (Å²) in [4.78, 5) is 27.2. The van der Waals surface area contributed by atoms with Crippen LogP contribution in [0.15, 0.2) is 48.5 Å². The second-order valence-corrected chi connectivity index (χ2v) is 7.40. The highest BCUT2D eigenvalue weighted by Gasteiger charge is 2.18. The van der Waals surface area contributed by atoms with E-state index in [1.54, 1.807) is 17.8 Å². The Balaban J connectivity index is 1.38. The third kappa shape index (κ3) is 4.46. The standard InChI is InChI=1S/C22H25N5O2/c1-26-19-10-3-2-9-18(19)20(25-26)24-22(29)21(28)23-17-8-6-7-16(15-17)11-14-27-12-4-5-13-27/h2-3,6-10,15H,4-5,11-14H2,1H3,(H,23,28)(H,24,25,29). The number of anilines is 2. The van der Waals surface area contributed by atoms with E-state index in [1.807, 2.05) is 42.5 Å². The number of para-hydroxylation sites is 1. The first kappa shape index (κ1) is 19.1. The first-order valence-corrected chi connectivity index (χ1v) is 9.95. The average molecular weight is 391 g/mol. The Morgan fingerprint density at radius 3 is 2.59 bits per heavy atom. The molecule has 0 radical (unpaired) electrons. The Kier molecular flexibility index (Phi) is 5.57. The number of likely N-dealkylation sites (tertiary alicyclic amines) is 1. The predicted molar refractivity (Wildman–Crippen MR) is 114 cm³/mol. The van der Waals surface area contributed by atoms with Crippen LogP contribution in [-0.4, -0.2) is 46.1 Å². The molecule has 4 rings (SSSR count). The summed E-state index contributed by atoms with van der Waals surface area (Å²) in [5.74, 6) is -1.07. The first-order chi connectivity index (χ1) is 14.1. The van der Waals surface area contributed by atoms with Gasteiger partial charge < -0.3 is 15.5 Å². The minimum Gasteiger partial charge on any atom is -0.318 e. The summed E-state index contributed by atoms with van der Waals surface area (Å²) in [7, 11) is 1.80. The van der Waals surface area contributed by atoms with Crippen LogP contribution in [0.4, 0.5) is 11.5 Å². The summed E-state index contributed by atoms with van der Waals surface area (Å²) < 4.78 is 1.67. The lowest BCUT2D eigenvalue weighted by Gasteiger charge is -2.14. The molecule has 2 aromatic carbocycles. The van der Waals surface area contributed by atoms with Crippen molar-refractivity contribution in [2.45, 2.75) is 19.3 Å². The van der Waals surface area contributed by atoms with Crippen molar-refractivity contribution >= 4 is 34.2 Å². The summed E-state index contributed by atoms with van der Waals surface area (Å²) in [6, 6.07) is 15.2. The summed E-state index contributed by atoms with van der Waals surface area (Å²) in [5, 5.41) is 10.4. The van der Waals surface area contributed by atoms with Crippen molar-refractivity contribution in [3.63, 3.8) is 0 Å². The van der Waals surface area contributed by atoms with Crippen LogP contribution in [0.2, 0.25) is 0 Å². The van der Waals surface area contributed by atoms with Crippen LogP contribution in [0.1, 0.15) is 18.4 Å². The van der Waals surface area contributed by atoms with Gasteiger partial charge in [-0.05, 0) is 62.2 Å². The molecule has 29 heavy (non-hydrogen) atoms. The van der Waals surface area contributed by atoms with E-state index in [4.69, 9.17) is 0 Å². The number of hydrogen-bond acceptors (Lipinski definition) is 4. The van der Waals surface area contributed by atoms with Gasteiger partial charge in [0.1, 0.15) is 0 Å². The van der Waals surface area contributed by atoms with E-state index in [1.165, 1.54) is 25.9 Å². The predicted octanol–water partition coefficient (Wildman–Crippen LogP) is 2.79. The maximum Gasteiger partial charge on any atom is 0.315 e. The maximum atomic E-state index is 12.4. The van der Waals surface area contributed by atoms with Gasteiger partial charge in [-0.1, -0.05) is 24.3 Å². The Labute approximate surface area is 169 Å². The van der Waals surface area contributed by atoms with Crippen molar-refractivity contribution in [3.8, 4) is 0 Å². The molecule has 150 valence electrons. The van der Waals surface area contributed by atoms with Crippen molar-refractivity contribution < 1.29 is 9.59 Å². The zero-order chi connectivity index (χ0) is 20.2. The van der Waals surface area contributed by atoms with Crippen molar-refractivity contribution in [2.24, 2.45) is 7.05 Å². The summed E-state index contributed by atoms with van der Waals surface area (Å²) in [5.41, 5.74) is 2.65. The monoisotopic (exact) mass is 391 g/mol. The van der Waals surface area contributed by atoms with Gasteiger partial charge in [-0.3, -0.25) is 14.3 Å². The Bertz CT molecular complexity index is 1040. The lowest BCUT2D eigenvalue weighted by atomic mass is 10.1. The number of benzene rings is 2. The minimum absolute atomic E-state index is 0.377. The SMILES string of the molecule is Cn1nc(NC(=O)C(=O)Nc2cccc(CCN3CCCC3)c2)c2ccccc21. The molecule has 0 unspecified atom stereocenters. The van der Waals surface area contributed by atoms with Gasteiger partial charge in [-0.15, -0.1) is 0 Å². The summed E-state index contributed by atoms with van der Waals surface area (Å²) in [6.07, 6.45) is 3.48. The quantitative estimate of drug-likeness (QED) is 0.656. The lowest BCUT2D eigenvalue weighted by molar-refractivity contribution is -0.133. The second kappa shape index (κ2) is 8.45. The Morgan fingerprint density at radius 2 is 1.76 bits per heavy atom. The molecular formula is C22H25N5O2. The molecule has 1 aliphatic heterocycles. The highest BCUT2D eigenvalue weighted by molar-refractivity contribution is 6.44. The van der Waals surface area contributed by atoms with Crippen LogP contribution in [0.5, 0.6) is 0 Å². The molecule has 1 fully saturated rings. The van der Waals surface area contributed by atoms with Gasteiger partial charge in [0.25, 0.3) is 0 Å². The molecule has 0 atom stereocenters. The highest BCUT2D eigenvalue weighted by atomic mass is 16.2. The molecule has 1 saturated heterocycles. The normalized spacial score (nSPS) is 14.2. The van der Waals surface area contributed by atoms with Crippen molar-refractivity contribution in [2.75, 3.05) is 30.3 Å². The maximum absolute atomic E-state index is 12.4. The van der Waals surface area contributed by atoms with Crippen LogP contribution in [-0.2, 0) is 23.1 Å². The zero-order valence-corrected chi connectivity index (χ0v) is 16.5. The zero-order valence-electron chi connectivity index (χ0n) is 16.5. The van der Waals surface area contributed by atoms with E-state index in [0.29, 0.717) is 11.5 Å². The average Bonchev–Trinajstić information content (AvgIpc) is 3.35. The van der Waals surface area contributed by atoms with E-state index in [9.17, 15) is 9.59 Å². The topological polar surface area (TPSA) is 79.3 Å². The number of nitrogens with one attached hydrogen (secondary N) is 2. The van der Waals surface area contributed by atoms with Crippen molar-refractivity contribution in [1.82, 2.24) is 14.7 Å². The molecule has 0 spiro atoms. The smallest absolute Gasteiger partial charge is 0.315 e. The van der Waals surface area contributed by atoms with E-state index in [-0.39, 0.29) is 0 Å². The second-order valence-electron chi connectivity index (χ2n) is 7.40. The van der Waals surface area contributed by atoms with Gasteiger partial charge in [0.2, 0.25) is 0 Å². The van der Waals surface area contributed by atoms with Gasteiger partial charge in [-0.2, -0.15) is 5.10 Å². The highest BCUT2D eigenvalue weighted by Crippen LogP contribution is 2.21. The molecular weight excluding hydrogens is 366 g/mol. The fourth-order valence-corrected chi connectivity index (χ4v) is 3.76. The number of aromatic nitrogens is 2. The van der Waals surface area contributed by atoms with Crippen LogP contribution in [0.3, 0.4) is 0 Å². The molecule has 1 aromatic heterocycles. The summed E-state index contributed by atoms with van der Waals surface area (Å²) >= 11 is 0. The van der Waals surface area contributed by atoms with Gasteiger partial charge in [0.05, 0.1) is 5.52 Å². The number of nitrogens with zero attached hydrogens (tertiary/aromatic N) is 3. The van der Waals surface area contributed by atoms with Crippen molar-refractivity contribution in [3.05, 3.63) is 54.1 Å². The molecule has 1 aliphatic rings. The van der Waals surface area contributed by atoms with E-state index in [0.717, 1.165) is 29.4 Å². The minimum atomic E-state index is -0.740. The lowest BCUT2D eigenvalue weighted by Crippen LogP contribution is -2.29. The van der Waals surface area contributed by atoms with Gasteiger partial charge in [-0.25, -0.2) is 0 Å². The number of carbonyl (C=O) groups excluding carboxylic acids is 2. The fourth-order valence-electron chi connectivity index (χ4n) is 3.76. The molecule has 0 bridgehead atoms. The van der Waals surface area contributed by atoms with E-state index in [2.05, 4.69) is 20.6 Å². The number of rotatable bonds is 5. The van der Waals surface area contributed by atoms with Gasteiger partial charge >= 0.3 is 11.8 Å². The molecule has 0 saturated carbocycles. The molecule has 0 aliphatic carbocycles. The molecule has 7 heteroatoms. The van der Waals surface area contributed by atoms with Crippen LogP contribution in [0.25, 0.3) is 10.9 Å². The van der Waals surface area contributed by atoms with E-state index >= 15 is 0 Å². The fraction of sp³-hybridized carbons (Fsp3) is 0.318. The third-order valence-corrected chi connectivity index (χ3v) is 5.30. The molecule has 3 aromatic rings. The molecule has 7 nitrogen and oxygen atoms in total. The molecule has 2 amide bonds. The Hall–Kier alpha value is -3.19. The van der Waals surface area contributed by atoms with E-state index < -0.39 is 11.8 Å².